The summed E-state index contributed by atoms with van der Waals surface area (Å²) in [5, 5.41) is 3.70. The Labute approximate surface area is 221 Å². The highest BCUT2D eigenvalue weighted by Crippen LogP contribution is 2.27. The molecule has 0 aliphatic heterocycles. The normalized spacial score (nSPS) is 12.5. The second-order valence-corrected chi connectivity index (χ2v) is 9.71. The molecular weight excluding hydrogens is 522 g/mol. The van der Waals surface area contributed by atoms with Gasteiger partial charge < -0.3 is 10.1 Å². The van der Waals surface area contributed by atoms with E-state index in [1.807, 2.05) is 0 Å². The number of benzene rings is 1. The number of nitrogens with one attached hydrogen (secondary N) is 3. The summed E-state index contributed by atoms with van der Waals surface area (Å²) < 4.78 is 57.1. The molecule has 3 aromatic rings. The Kier molecular flexibility index (Phi) is 9.04. The summed E-state index contributed by atoms with van der Waals surface area (Å²) >= 11 is 0. The van der Waals surface area contributed by atoms with Crippen LogP contribution < -0.4 is 16.2 Å². The molecule has 2 heterocycles. The average molecular weight is 550 g/mol. The maximum absolute atomic E-state index is 13.4. The number of carbonyl (C=O) groups excluding carboxylic acids is 3. The summed E-state index contributed by atoms with van der Waals surface area (Å²) in [6, 6.07) is 7.08. The number of alkyl carbamates (subject to hydrolysis) is 1. The number of aromatic nitrogens is 2. The molecule has 9 nitrogen and oxygen atoms in total. The Hall–Kier alpha value is -4.29. The van der Waals surface area contributed by atoms with Gasteiger partial charge in [-0.1, -0.05) is 12.1 Å². The van der Waals surface area contributed by atoms with Gasteiger partial charge >= 0.3 is 12.3 Å². The second kappa shape index (κ2) is 12.0. The van der Waals surface area contributed by atoms with Gasteiger partial charge in [-0.05, 0) is 62.8 Å². The van der Waals surface area contributed by atoms with Crippen LogP contribution in [0.4, 0.5) is 22.4 Å². The van der Waals surface area contributed by atoms with Crippen LogP contribution in [0.15, 0.2) is 48.8 Å². The van der Waals surface area contributed by atoms with Crippen LogP contribution in [0, 0.1) is 5.95 Å². The van der Waals surface area contributed by atoms with Crippen LogP contribution >= 0.6 is 0 Å². The summed E-state index contributed by atoms with van der Waals surface area (Å²) in [7, 11) is 0. The Morgan fingerprint density at radius 1 is 0.949 bits per heavy atom. The molecule has 0 saturated carbocycles. The molecule has 1 aromatic carbocycles. The van der Waals surface area contributed by atoms with Gasteiger partial charge in [-0.3, -0.25) is 25.4 Å². The molecule has 13 heteroatoms. The van der Waals surface area contributed by atoms with E-state index in [1.54, 1.807) is 26.8 Å². The number of hydrogen-bond acceptors (Lipinski definition) is 6. The largest absolute Gasteiger partial charge is 0.444 e. The van der Waals surface area contributed by atoms with Crippen LogP contribution in [-0.2, 0) is 22.1 Å². The monoisotopic (exact) mass is 549 g/mol. The maximum atomic E-state index is 13.4. The molecule has 3 N–H and O–H groups in total. The molecule has 39 heavy (non-hydrogen) atoms. The number of carbonyl (C=O) groups is 3. The maximum Gasteiger partial charge on any atom is 0.433 e. The molecule has 0 bridgehead atoms. The highest BCUT2D eigenvalue weighted by Gasteiger charge is 2.32. The number of hydrazine groups is 1. The van der Waals surface area contributed by atoms with Crippen LogP contribution in [-0.4, -0.2) is 39.5 Å². The van der Waals surface area contributed by atoms with Crippen molar-refractivity contribution in [2.45, 2.75) is 57.9 Å². The lowest BCUT2D eigenvalue weighted by Crippen LogP contribution is -2.43. The van der Waals surface area contributed by atoms with E-state index in [4.69, 9.17) is 4.74 Å². The van der Waals surface area contributed by atoms with Gasteiger partial charge in [0, 0.05) is 41.9 Å². The SMILES string of the molecule is CC(C)(C)OC(=O)N[C@@H](CCC(=O)NNC(=O)c1ccc2cnc(F)cc2c1)Cc1ccc(C(F)(F)F)nc1. The molecule has 1 atom stereocenters. The predicted octanol–water partition coefficient (Wildman–Crippen LogP) is 4.46. The van der Waals surface area contributed by atoms with Gasteiger partial charge in [0.2, 0.25) is 11.9 Å². The third kappa shape index (κ3) is 9.20. The lowest BCUT2D eigenvalue weighted by molar-refractivity contribution is -0.141. The Balaban J connectivity index is 1.59. The number of pyridine rings is 2. The van der Waals surface area contributed by atoms with E-state index in [-0.39, 0.29) is 24.8 Å². The predicted molar refractivity (Wildman–Crippen MR) is 133 cm³/mol. The third-order valence-electron chi connectivity index (χ3n) is 5.30. The van der Waals surface area contributed by atoms with Crippen LogP contribution in [0.2, 0.25) is 0 Å². The molecule has 0 aliphatic carbocycles. The molecule has 0 unspecified atom stereocenters. The van der Waals surface area contributed by atoms with Gasteiger partial charge in [0.15, 0.2) is 0 Å². The molecule has 3 rings (SSSR count). The zero-order valence-corrected chi connectivity index (χ0v) is 21.4. The zero-order chi connectivity index (χ0) is 28.8. The molecule has 208 valence electrons. The van der Waals surface area contributed by atoms with Crippen LogP contribution in [0.25, 0.3) is 10.8 Å². The fourth-order valence-corrected chi connectivity index (χ4v) is 3.52. The number of rotatable bonds is 7. The van der Waals surface area contributed by atoms with E-state index in [0.717, 1.165) is 12.3 Å². The molecule has 3 amide bonds. The summed E-state index contributed by atoms with van der Waals surface area (Å²) in [6.07, 6.45) is -2.96. The minimum Gasteiger partial charge on any atom is -0.444 e. The van der Waals surface area contributed by atoms with Crippen LogP contribution in [0.3, 0.4) is 0 Å². The van der Waals surface area contributed by atoms with Gasteiger partial charge in [0.05, 0.1) is 0 Å². The third-order valence-corrected chi connectivity index (χ3v) is 5.30. The smallest absolute Gasteiger partial charge is 0.433 e. The number of ether oxygens (including phenoxy) is 1. The number of nitrogens with zero attached hydrogens (tertiary/aromatic N) is 2. The lowest BCUT2D eigenvalue weighted by atomic mass is 10.0. The van der Waals surface area contributed by atoms with Crippen molar-refractivity contribution >= 4 is 28.7 Å². The quantitative estimate of drug-likeness (QED) is 0.227. The number of alkyl halides is 3. The van der Waals surface area contributed by atoms with Crippen molar-refractivity contribution in [3.05, 3.63) is 71.6 Å². The van der Waals surface area contributed by atoms with E-state index in [0.29, 0.717) is 16.3 Å². The number of halogens is 4. The minimum atomic E-state index is -4.59. The summed E-state index contributed by atoms with van der Waals surface area (Å²) in [6.45, 7) is 5.00. The van der Waals surface area contributed by atoms with Crippen molar-refractivity contribution in [1.29, 1.82) is 0 Å². The first-order valence-electron chi connectivity index (χ1n) is 11.9. The van der Waals surface area contributed by atoms with Crippen LogP contribution in [0.1, 0.15) is 55.2 Å². The van der Waals surface area contributed by atoms with Crippen molar-refractivity contribution in [2.75, 3.05) is 0 Å². The second-order valence-electron chi connectivity index (χ2n) is 9.71. The Bertz CT molecular complexity index is 1340. The summed E-state index contributed by atoms with van der Waals surface area (Å²) in [5.74, 6) is -1.92. The van der Waals surface area contributed by atoms with Crippen molar-refractivity contribution in [1.82, 2.24) is 26.1 Å². The van der Waals surface area contributed by atoms with Crippen molar-refractivity contribution < 1.29 is 36.7 Å². The Morgan fingerprint density at radius 2 is 1.69 bits per heavy atom. The summed E-state index contributed by atoms with van der Waals surface area (Å²) in [4.78, 5) is 44.1. The fourth-order valence-electron chi connectivity index (χ4n) is 3.52. The zero-order valence-electron chi connectivity index (χ0n) is 21.4. The number of fused-ring (bicyclic) bond motifs is 1. The molecule has 2 aromatic heterocycles. The van der Waals surface area contributed by atoms with Crippen LogP contribution in [0.5, 0.6) is 0 Å². The molecule has 0 radical (unpaired) electrons. The minimum absolute atomic E-state index is 0.0736. The molecule has 0 saturated heterocycles. The van der Waals surface area contributed by atoms with Crippen molar-refractivity contribution in [3.63, 3.8) is 0 Å². The van der Waals surface area contributed by atoms with E-state index in [9.17, 15) is 31.9 Å². The highest BCUT2D eigenvalue weighted by molar-refractivity contribution is 5.99. The standard InChI is InChI=1S/C26H27F4N5O4/c1-25(2,3)39-24(38)33-19(10-15-4-8-20(31-13-15)26(28,29)30)7-9-22(36)34-35-23(37)16-5-6-17-14-32-21(27)12-18(17)11-16/h4-6,8,11-14,19H,7,9-10H2,1-3H3,(H,33,38)(H,34,36)(H,35,37)/t19-/m0/s1. The van der Waals surface area contributed by atoms with Gasteiger partial charge in [-0.25, -0.2) is 9.78 Å². The van der Waals surface area contributed by atoms with Crippen molar-refractivity contribution in [3.8, 4) is 0 Å². The summed E-state index contributed by atoms with van der Waals surface area (Å²) in [5.41, 5.74) is 3.27. The van der Waals surface area contributed by atoms with Gasteiger partial charge in [-0.15, -0.1) is 0 Å². The number of hydrogen-bond donors (Lipinski definition) is 3. The molecule has 0 fully saturated rings. The van der Waals surface area contributed by atoms with E-state index in [1.165, 1.54) is 30.5 Å². The van der Waals surface area contributed by atoms with E-state index in [2.05, 4.69) is 26.1 Å². The van der Waals surface area contributed by atoms with E-state index >= 15 is 0 Å². The first-order valence-corrected chi connectivity index (χ1v) is 11.9. The topological polar surface area (TPSA) is 122 Å². The molecule has 0 aliphatic rings. The average Bonchev–Trinajstić information content (AvgIpc) is 2.84. The molecular formula is C26H27F4N5O4. The first kappa shape index (κ1) is 29.3. The van der Waals surface area contributed by atoms with Gasteiger partial charge in [0.25, 0.3) is 5.91 Å². The Morgan fingerprint density at radius 3 is 2.33 bits per heavy atom. The lowest BCUT2D eigenvalue weighted by Gasteiger charge is -2.24. The fraction of sp³-hybridized carbons (Fsp3) is 0.346. The van der Waals surface area contributed by atoms with Crippen molar-refractivity contribution in [2.24, 2.45) is 0 Å². The van der Waals surface area contributed by atoms with Gasteiger partial charge in [-0.2, -0.15) is 17.6 Å². The number of amides is 3. The highest BCUT2D eigenvalue weighted by atomic mass is 19.4. The van der Waals surface area contributed by atoms with E-state index < -0.39 is 47.4 Å². The molecule has 0 spiro atoms. The van der Waals surface area contributed by atoms with Gasteiger partial charge in [0.1, 0.15) is 11.3 Å². The first-order chi connectivity index (χ1) is 18.2.